The summed E-state index contributed by atoms with van der Waals surface area (Å²) >= 11 is 0. The van der Waals surface area contributed by atoms with E-state index in [4.69, 9.17) is 10.5 Å². The summed E-state index contributed by atoms with van der Waals surface area (Å²) in [7, 11) is 0. The second-order valence-electron chi connectivity index (χ2n) is 6.93. The zero-order valence-electron chi connectivity index (χ0n) is 14.8. The largest absolute Gasteiger partial charge is 0.416 e. The normalized spacial score (nSPS) is 20.4. The Morgan fingerprint density at radius 2 is 1.48 bits per heavy atom. The van der Waals surface area contributed by atoms with Crippen molar-refractivity contribution in [3.05, 3.63) is 35.4 Å². The van der Waals surface area contributed by atoms with Crippen molar-refractivity contribution in [3.8, 4) is 0 Å². The molecule has 27 heavy (non-hydrogen) atoms. The van der Waals surface area contributed by atoms with Crippen LogP contribution in [0.2, 0.25) is 0 Å². The predicted molar refractivity (Wildman–Crippen MR) is 90.9 cm³/mol. The van der Waals surface area contributed by atoms with Crippen molar-refractivity contribution in [2.45, 2.75) is 24.6 Å². The highest BCUT2D eigenvalue weighted by Gasteiger charge is 2.40. The van der Waals surface area contributed by atoms with E-state index in [1.54, 1.807) is 9.80 Å². The Labute approximate surface area is 155 Å². The van der Waals surface area contributed by atoms with Gasteiger partial charge in [0.1, 0.15) is 0 Å². The van der Waals surface area contributed by atoms with Crippen molar-refractivity contribution in [1.29, 1.82) is 0 Å². The Balaban J connectivity index is 1.58. The van der Waals surface area contributed by atoms with Crippen LogP contribution in [0.15, 0.2) is 24.3 Å². The van der Waals surface area contributed by atoms with Crippen LogP contribution in [0.3, 0.4) is 0 Å². The van der Waals surface area contributed by atoms with Gasteiger partial charge in [-0.05, 0) is 37.1 Å². The van der Waals surface area contributed by atoms with Gasteiger partial charge in [0.15, 0.2) is 0 Å². The zero-order valence-corrected chi connectivity index (χ0v) is 14.8. The molecule has 2 aliphatic rings. The number of carbonyl (C=O) groups excluding carboxylic acids is 2. The number of carbonyl (C=O) groups is 2. The summed E-state index contributed by atoms with van der Waals surface area (Å²) < 4.78 is 43.1. The minimum Gasteiger partial charge on any atom is -0.381 e. The van der Waals surface area contributed by atoms with Crippen LogP contribution in [0.4, 0.5) is 13.2 Å². The molecular weight excluding hydrogens is 363 g/mol. The highest BCUT2D eigenvalue weighted by molar-refractivity contribution is 5.94. The molecule has 0 spiro atoms. The van der Waals surface area contributed by atoms with E-state index >= 15 is 0 Å². The molecule has 0 radical (unpaired) electrons. The summed E-state index contributed by atoms with van der Waals surface area (Å²) in [5.74, 6) is -0.475. The number of nitrogens with two attached hydrogens (primary N) is 1. The third kappa shape index (κ3) is 4.24. The molecule has 2 fully saturated rings. The lowest BCUT2D eigenvalue weighted by molar-refractivity contribution is -0.142. The minimum absolute atomic E-state index is 0.132. The average Bonchev–Trinajstić information content (AvgIpc) is 2.67. The van der Waals surface area contributed by atoms with Crippen LogP contribution in [0.1, 0.15) is 28.8 Å². The second kappa shape index (κ2) is 7.47. The fraction of sp³-hybridized carbons (Fsp3) is 0.556. The molecule has 0 aliphatic carbocycles. The van der Waals surface area contributed by atoms with Gasteiger partial charge in [-0.3, -0.25) is 9.59 Å². The monoisotopic (exact) mass is 385 g/mol. The van der Waals surface area contributed by atoms with Crippen LogP contribution in [0.5, 0.6) is 0 Å². The maximum absolute atomic E-state index is 12.7. The van der Waals surface area contributed by atoms with Gasteiger partial charge in [-0.1, -0.05) is 0 Å². The second-order valence-corrected chi connectivity index (χ2v) is 6.93. The van der Waals surface area contributed by atoms with Crippen molar-refractivity contribution < 1.29 is 27.5 Å². The molecule has 9 heteroatoms. The summed E-state index contributed by atoms with van der Waals surface area (Å²) in [6.07, 6.45) is -3.50. The Hall–Kier alpha value is -2.13. The van der Waals surface area contributed by atoms with Crippen LogP contribution < -0.4 is 5.73 Å². The topological polar surface area (TPSA) is 75.9 Å². The molecule has 6 nitrogen and oxygen atoms in total. The number of halogens is 3. The molecular formula is C18H22F3N3O3. The molecule has 2 heterocycles. The van der Waals surface area contributed by atoms with E-state index in [0.717, 1.165) is 12.1 Å². The summed E-state index contributed by atoms with van der Waals surface area (Å²) in [6, 6.07) is 4.16. The quantitative estimate of drug-likeness (QED) is 0.837. The highest BCUT2D eigenvalue weighted by Crippen LogP contribution is 2.29. The number of benzene rings is 1. The molecule has 2 N–H and O–H groups in total. The van der Waals surface area contributed by atoms with E-state index in [9.17, 15) is 22.8 Å². The van der Waals surface area contributed by atoms with Gasteiger partial charge in [-0.2, -0.15) is 13.2 Å². The Morgan fingerprint density at radius 1 is 0.963 bits per heavy atom. The number of hydrogen-bond donors (Lipinski definition) is 1. The molecule has 0 atom stereocenters. The van der Waals surface area contributed by atoms with E-state index in [1.165, 1.54) is 12.1 Å². The van der Waals surface area contributed by atoms with Crippen LogP contribution in [-0.2, 0) is 15.7 Å². The summed E-state index contributed by atoms with van der Waals surface area (Å²) in [4.78, 5) is 28.4. The van der Waals surface area contributed by atoms with Crippen LogP contribution >= 0.6 is 0 Å². The highest BCUT2D eigenvalue weighted by atomic mass is 19.4. The van der Waals surface area contributed by atoms with Crippen LogP contribution in [0.25, 0.3) is 0 Å². The molecule has 3 rings (SSSR count). The number of ether oxygens (including phenoxy) is 1. The van der Waals surface area contributed by atoms with E-state index < -0.39 is 17.3 Å². The van der Waals surface area contributed by atoms with Gasteiger partial charge in [-0.25, -0.2) is 0 Å². The van der Waals surface area contributed by atoms with Gasteiger partial charge in [0.05, 0.1) is 11.1 Å². The van der Waals surface area contributed by atoms with Crippen LogP contribution in [-0.4, -0.2) is 66.5 Å². The fourth-order valence-corrected chi connectivity index (χ4v) is 3.36. The number of rotatable bonds is 2. The number of piperazine rings is 1. The SMILES string of the molecule is NC1(C(=O)N2CCN(C(=O)c3ccc(C(F)(F)F)cc3)CC2)CCOCC1. The average molecular weight is 385 g/mol. The molecule has 1 aromatic carbocycles. The molecule has 0 aromatic heterocycles. The lowest BCUT2D eigenvalue weighted by atomic mass is 9.89. The molecule has 0 bridgehead atoms. The first kappa shape index (κ1) is 19.6. The molecule has 0 saturated carbocycles. The van der Waals surface area contributed by atoms with Gasteiger partial charge in [0, 0.05) is 45.0 Å². The zero-order chi connectivity index (χ0) is 19.7. The molecule has 0 unspecified atom stereocenters. The number of nitrogens with zero attached hydrogens (tertiary/aromatic N) is 2. The Kier molecular flexibility index (Phi) is 5.43. The van der Waals surface area contributed by atoms with Crippen LogP contribution in [0, 0.1) is 0 Å². The maximum Gasteiger partial charge on any atom is 0.416 e. The summed E-state index contributed by atoms with van der Waals surface area (Å²) in [5, 5.41) is 0. The summed E-state index contributed by atoms with van der Waals surface area (Å²) in [5.41, 5.74) is 4.71. The van der Waals surface area contributed by atoms with Gasteiger partial charge in [0.25, 0.3) is 5.91 Å². The third-order valence-corrected chi connectivity index (χ3v) is 5.12. The van der Waals surface area contributed by atoms with Gasteiger partial charge >= 0.3 is 6.18 Å². The number of hydrogen-bond acceptors (Lipinski definition) is 4. The maximum atomic E-state index is 12.7. The predicted octanol–water partition coefficient (Wildman–Crippen LogP) is 1.50. The minimum atomic E-state index is -4.43. The van der Waals surface area contributed by atoms with Crippen molar-refractivity contribution >= 4 is 11.8 Å². The van der Waals surface area contributed by atoms with Crippen molar-refractivity contribution in [1.82, 2.24) is 9.80 Å². The van der Waals surface area contributed by atoms with E-state index in [1.807, 2.05) is 0 Å². The summed E-state index contributed by atoms with van der Waals surface area (Å²) in [6.45, 7) is 2.25. The smallest absolute Gasteiger partial charge is 0.381 e. The molecule has 2 aliphatic heterocycles. The van der Waals surface area contributed by atoms with Gasteiger partial charge in [-0.15, -0.1) is 0 Å². The molecule has 1 aromatic rings. The third-order valence-electron chi connectivity index (χ3n) is 5.12. The lowest BCUT2D eigenvalue weighted by Crippen LogP contribution is -2.61. The number of alkyl halides is 3. The molecule has 148 valence electrons. The first-order valence-corrected chi connectivity index (χ1v) is 8.83. The Bertz CT molecular complexity index is 692. The molecule has 2 amide bonds. The first-order chi connectivity index (χ1) is 12.7. The Morgan fingerprint density at radius 3 is 2.00 bits per heavy atom. The van der Waals surface area contributed by atoms with E-state index in [-0.39, 0.29) is 17.4 Å². The van der Waals surface area contributed by atoms with Gasteiger partial charge < -0.3 is 20.3 Å². The van der Waals surface area contributed by atoms with Crippen molar-refractivity contribution in [3.63, 3.8) is 0 Å². The van der Waals surface area contributed by atoms with E-state index in [2.05, 4.69) is 0 Å². The van der Waals surface area contributed by atoms with Crippen molar-refractivity contribution in [2.75, 3.05) is 39.4 Å². The van der Waals surface area contributed by atoms with E-state index in [0.29, 0.717) is 52.2 Å². The number of amides is 2. The van der Waals surface area contributed by atoms with Gasteiger partial charge in [0.2, 0.25) is 5.91 Å². The fourth-order valence-electron chi connectivity index (χ4n) is 3.36. The lowest BCUT2D eigenvalue weighted by Gasteiger charge is -2.40. The standard InChI is InChI=1S/C18H22F3N3O3/c19-18(20,21)14-3-1-13(2-4-14)15(25)23-7-9-24(10-8-23)16(26)17(22)5-11-27-12-6-17/h1-4H,5-12,22H2. The van der Waals surface area contributed by atoms with Crippen molar-refractivity contribution in [2.24, 2.45) is 5.73 Å². The first-order valence-electron chi connectivity index (χ1n) is 8.83. The molecule has 2 saturated heterocycles.